The fourth-order valence-corrected chi connectivity index (χ4v) is 2.21. The zero-order valence-corrected chi connectivity index (χ0v) is 12.9. The number of nitrogens with one attached hydrogen (secondary N) is 1. The second kappa shape index (κ2) is 8.18. The van der Waals surface area contributed by atoms with Crippen LogP contribution in [-0.2, 0) is 6.54 Å². The van der Waals surface area contributed by atoms with Crippen LogP contribution in [0.2, 0.25) is 0 Å². The molecule has 19 heavy (non-hydrogen) atoms. The Morgan fingerprint density at radius 2 is 1.95 bits per heavy atom. The quantitative estimate of drug-likeness (QED) is 0.781. The fraction of sp³-hybridized carbons (Fsp3) is 0.625. The van der Waals surface area contributed by atoms with E-state index in [4.69, 9.17) is 4.74 Å². The summed E-state index contributed by atoms with van der Waals surface area (Å²) < 4.78 is 5.42. The maximum Gasteiger partial charge on any atom is 0.123 e. The first-order valence-corrected chi connectivity index (χ1v) is 7.14. The van der Waals surface area contributed by atoms with Crippen molar-refractivity contribution in [1.82, 2.24) is 10.2 Å². The van der Waals surface area contributed by atoms with Crippen molar-refractivity contribution in [2.45, 2.75) is 45.8 Å². The van der Waals surface area contributed by atoms with Gasteiger partial charge in [-0.2, -0.15) is 0 Å². The van der Waals surface area contributed by atoms with Crippen molar-refractivity contribution in [3.63, 3.8) is 0 Å². The van der Waals surface area contributed by atoms with Crippen molar-refractivity contribution in [2.24, 2.45) is 0 Å². The molecule has 1 atom stereocenters. The number of rotatable bonds is 8. The summed E-state index contributed by atoms with van der Waals surface area (Å²) in [4.78, 5) is 2.40. The van der Waals surface area contributed by atoms with Gasteiger partial charge in [0, 0.05) is 30.7 Å². The first kappa shape index (κ1) is 16.0. The number of methoxy groups -OCH3 is 1. The summed E-state index contributed by atoms with van der Waals surface area (Å²) in [6, 6.07) is 9.33. The van der Waals surface area contributed by atoms with Gasteiger partial charge in [0.1, 0.15) is 5.75 Å². The molecule has 0 spiro atoms. The first-order chi connectivity index (χ1) is 9.08. The van der Waals surface area contributed by atoms with Crippen molar-refractivity contribution in [2.75, 3.05) is 20.7 Å². The van der Waals surface area contributed by atoms with Crippen molar-refractivity contribution < 1.29 is 4.74 Å². The van der Waals surface area contributed by atoms with Crippen molar-refractivity contribution in [3.05, 3.63) is 29.8 Å². The second-order valence-corrected chi connectivity index (χ2v) is 5.35. The Balaban J connectivity index is 2.63. The molecule has 0 saturated heterocycles. The van der Waals surface area contributed by atoms with Crippen LogP contribution in [-0.4, -0.2) is 37.7 Å². The number of ether oxygens (including phenoxy) is 1. The highest BCUT2D eigenvalue weighted by molar-refractivity contribution is 5.33. The van der Waals surface area contributed by atoms with E-state index in [0.29, 0.717) is 12.1 Å². The van der Waals surface area contributed by atoms with Crippen molar-refractivity contribution in [1.29, 1.82) is 0 Å². The van der Waals surface area contributed by atoms with E-state index in [-0.39, 0.29) is 0 Å². The summed E-state index contributed by atoms with van der Waals surface area (Å²) in [6.07, 6.45) is 1.14. The van der Waals surface area contributed by atoms with Crippen molar-refractivity contribution >= 4 is 0 Å². The number of benzene rings is 1. The Morgan fingerprint density at radius 3 is 2.53 bits per heavy atom. The Labute approximate surface area is 118 Å². The summed E-state index contributed by atoms with van der Waals surface area (Å²) in [6.45, 7) is 8.56. The van der Waals surface area contributed by atoms with Crippen LogP contribution in [0.25, 0.3) is 0 Å². The van der Waals surface area contributed by atoms with E-state index in [0.717, 1.165) is 25.3 Å². The van der Waals surface area contributed by atoms with Crippen LogP contribution in [0.5, 0.6) is 5.75 Å². The maximum absolute atomic E-state index is 5.42. The van der Waals surface area contributed by atoms with Crippen LogP contribution in [0, 0.1) is 0 Å². The molecule has 0 radical (unpaired) electrons. The molecule has 1 aromatic rings. The van der Waals surface area contributed by atoms with Crippen LogP contribution < -0.4 is 10.1 Å². The van der Waals surface area contributed by atoms with Gasteiger partial charge >= 0.3 is 0 Å². The highest BCUT2D eigenvalue weighted by Crippen LogP contribution is 2.19. The molecule has 0 amide bonds. The zero-order chi connectivity index (χ0) is 14.3. The normalized spacial score (nSPS) is 13.0. The SMILES string of the molecule is CCC(CNC(C)C)N(C)Cc1ccccc1OC. The average Bonchev–Trinajstić information content (AvgIpc) is 2.39. The fourth-order valence-electron chi connectivity index (χ4n) is 2.21. The number of para-hydroxylation sites is 1. The van der Waals surface area contributed by atoms with E-state index in [1.54, 1.807) is 7.11 Å². The topological polar surface area (TPSA) is 24.5 Å². The van der Waals surface area contributed by atoms with E-state index in [1.165, 1.54) is 5.56 Å². The predicted molar refractivity (Wildman–Crippen MR) is 81.7 cm³/mol. The predicted octanol–water partition coefficient (Wildman–Crippen LogP) is 2.90. The van der Waals surface area contributed by atoms with Crippen LogP contribution in [0.15, 0.2) is 24.3 Å². The van der Waals surface area contributed by atoms with E-state index in [9.17, 15) is 0 Å². The smallest absolute Gasteiger partial charge is 0.123 e. The van der Waals surface area contributed by atoms with E-state index in [2.05, 4.69) is 50.2 Å². The second-order valence-electron chi connectivity index (χ2n) is 5.35. The van der Waals surface area contributed by atoms with E-state index in [1.807, 2.05) is 12.1 Å². The molecule has 0 aliphatic rings. The average molecular weight is 264 g/mol. The molecule has 0 saturated carbocycles. The van der Waals surface area contributed by atoms with E-state index < -0.39 is 0 Å². The Bertz CT molecular complexity index is 366. The molecule has 1 N–H and O–H groups in total. The van der Waals surface area contributed by atoms with Gasteiger partial charge in [-0.3, -0.25) is 4.90 Å². The Hall–Kier alpha value is -1.06. The lowest BCUT2D eigenvalue weighted by Gasteiger charge is -2.28. The molecule has 3 heteroatoms. The van der Waals surface area contributed by atoms with Gasteiger partial charge in [-0.1, -0.05) is 39.0 Å². The van der Waals surface area contributed by atoms with Gasteiger partial charge in [-0.25, -0.2) is 0 Å². The third-order valence-corrected chi connectivity index (χ3v) is 3.47. The molecular weight excluding hydrogens is 236 g/mol. The molecule has 0 bridgehead atoms. The lowest BCUT2D eigenvalue weighted by Crippen LogP contribution is -2.41. The van der Waals surface area contributed by atoms with Gasteiger partial charge in [0.2, 0.25) is 0 Å². The lowest BCUT2D eigenvalue weighted by atomic mass is 10.1. The standard InChI is InChI=1S/C16H28N2O/c1-6-15(11-17-13(2)3)18(4)12-14-9-7-8-10-16(14)19-5/h7-10,13,15,17H,6,11-12H2,1-5H3. The highest BCUT2D eigenvalue weighted by Gasteiger charge is 2.14. The third kappa shape index (κ3) is 5.21. The third-order valence-electron chi connectivity index (χ3n) is 3.47. The Morgan fingerprint density at radius 1 is 1.26 bits per heavy atom. The molecule has 108 valence electrons. The minimum absolute atomic E-state index is 0.536. The maximum atomic E-state index is 5.42. The van der Waals surface area contributed by atoms with Gasteiger partial charge in [-0.05, 0) is 19.5 Å². The molecule has 3 nitrogen and oxygen atoms in total. The molecule has 0 fully saturated rings. The van der Waals surface area contributed by atoms with E-state index >= 15 is 0 Å². The molecule has 1 rings (SSSR count). The van der Waals surface area contributed by atoms with Crippen molar-refractivity contribution in [3.8, 4) is 5.75 Å². The highest BCUT2D eigenvalue weighted by atomic mass is 16.5. The van der Waals surface area contributed by atoms with Gasteiger partial charge in [-0.15, -0.1) is 0 Å². The number of hydrogen-bond donors (Lipinski definition) is 1. The molecular formula is C16H28N2O. The molecule has 0 heterocycles. The molecule has 0 aliphatic heterocycles. The number of hydrogen-bond acceptors (Lipinski definition) is 3. The van der Waals surface area contributed by atoms with Crippen LogP contribution in [0.4, 0.5) is 0 Å². The zero-order valence-electron chi connectivity index (χ0n) is 12.9. The molecule has 1 aromatic carbocycles. The van der Waals surface area contributed by atoms with Gasteiger partial charge in [0.05, 0.1) is 7.11 Å². The van der Waals surface area contributed by atoms with Crippen LogP contribution in [0.1, 0.15) is 32.8 Å². The van der Waals surface area contributed by atoms with Gasteiger partial charge < -0.3 is 10.1 Å². The van der Waals surface area contributed by atoms with Gasteiger partial charge in [0.25, 0.3) is 0 Å². The summed E-state index contributed by atoms with van der Waals surface area (Å²) in [5, 5.41) is 3.52. The summed E-state index contributed by atoms with van der Waals surface area (Å²) in [5.41, 5.74) is 1.25. The minimum atomic E-state index is 0.536. The first-order valence-electron chi connectivity index (χ1n) is 7.14. The largest absolute Gasteiger partial charge is 0.496 e. The van der Waals surface area contributed by atoms with Crippen LogP contribution >= 0.6 is 0 Å². The lowest BCUT2D eigenvalue weighted by molar-refractivity contribution is 0.215. The molecule has 0 aliphatic carbocycles. The number of nitrogens with zero attached hydrogens (tertiary/aromatic N) is 1. The minimum Gasteiger partial charge on any atom is -0.496 e. The summed E-state index contributed by atoms with van der Waals surface area (Å²) in [7, 11) is 3.92. The monoisotopic (exact) mass is 264 g/mol. The van der Waals surface area contributed by atoms with Crippen LogP contribution in [0.3, 0.4) is 0 Å². The summed E-state index contributed by atoms with van der Waals surface area (Å²) in [5.74, 6) is 0.973. The molecule has 0 aromatic heterocycles. The molecule has 1 unspecified atom stereocenters. The summed E-state index contributed by atoms with van der Waals surface area (Å²) >= 11 is 0. The Kier molecular flexibility index (Phi) is 6.89. The number of likely N-dealkylation sites (N-methyl/N-ethyl adjacent to an activating group) is 1. The van der Waals surface area contributed by atoms with Gasteiger partial charge in [0.15, 0.2) is 0 Å².